The minimum atomic E-state index is 0.964. The third-order valence-corrected chi connectivity index (χ3v) is 4.07. The SMILES string of the molecule is CCc1ccc(-c2ccccc2)c2c1oc1ccccc12. The van der Waals surface area contributed by atoms with Gasteiger partial charge in [0.1, 0.15) is 11.2 Å². The summed E-state index contributed by atoms with van der Waals surface area (Å²) in [5, 5.41) is 2.43. The van der Waals surface area contributed by atoms with Crippen molar-refractivity contribution in [1.29, 1.82) is 0 Å². The number of aryl methyl sites for hydroxylation is 1. The minimum Gasteiger partial charge on any atom is -0.456 e. The molecule has 0 spiro atoms. The predicted octanol–water partition coefficient (Wildman–Crippen LogP) is 5.82. The molecule has 0 saturated carbocycles. The van der Waals surface area contributed by atoms with Gasteiger partial charge in [0.15, 0.2) is 0 Å². The maximum atomic E-state index is 6.14. The van der Waals surface area contributed by atoms with Crippen molar-refractivity contribution in [2.45, 2.75) is 13.3 Å². The van der Waals surface area contributed by atoms with Crippen LogP contribution in [0.5, 0.6) is 0 Å². The number of furan rings is 1. The molecule has 0 unspecified atom stereocenters. The first-order valence-corrected chi connectivity index (χ1v) is 7.37. The molecule has 1 aromatic heterocycles. The highest BCUT2D eigenvalue weighted by Gasteiger charge is 2.14. The largest absolute Gasteiger partial charge is 0.456 e. The molecule has 0 fully saturated rings. The molecule has 0 atom stereocenters. The van der Waals surface area contributed by atoms with E-state index in [0.717, 1.165) is 17.6 Å². The van der Waals surface area contributed by atoms with Gasteiger partial charge in [-0.3, -0.25) is 0 Å². The zero-order valence-corrected chi connectivity index (χ0v) is 12.0. The molecule has 4 aromatic rings. The van der Waals surface area contributed by atoms with E-state index in [1.165, 1.54) is 27.5 Å². The highest BCUT2D eigenvalue weighted by atomic mass is 16.3. The van der Waals surface area contributed by atoms with Crippen LogP contribution in [0.1, 0.15) is 12.5 Å². The average Bonchev–Trinajstić information content (AvgIpc) is 2.94. The Labute approximate surface area is 123 Å². The first-order valence-electron chi connectivity index (χ1n) is 7.37. The van der Waals surface area contributed by atoms with E-state index in [1.54, 1.807) is 0 Å². The molecule has 0 amide bonds. The van der Waals surface area contributed by atoms with Crippen molar-refractivity contribution in [3.63, 3.8) is 0 Å². The summed E-state index contributed by atoms with van der Waals surface area (Å²) < 4.78 is 6.14. The van der Waals surface area contributed by atoms with Crippen LogP contribution in [0.15, 0.2) is 71.1 Å². The molecule has 0 aliphatic heterocycles. The van der Waals surface area contributed by atoms with Gasteiger partial charge in [0.2, 0.25) is 0 Å². The van der Waals surface area contributed by atoms with Crippen molar-refractivity contribution in [2.24, 2.45) is 0 Å². The quantitative estimate of drug-likeness (QED) is 0.448. The molecule has 0 N–H and O–H groups in total. The van der Waals surface area contributed by atoms with E-state index in [1.807, 2.05) is 12.1 Å². The second-order valence-electron chi connectivity index (χ2n) is 5.29. The zero-order valence-electron chi connectivity index (χ0n) is 12.0. The van der Waals surface area contributed by atoms with Crippen LogP contribution in [-0.2, 0) is 6.42 Å². The lowest BCUT2D eigenvalue weighted by atomic mass is 9.96. The van der Waals surface area contributed by atoms with E-state index in [2.05, 4.69) is 61.5 Å². The third kappa shape index (κ3) is 1.85. The number of hydrogen-bond donors (Lipinski definition) is 0. The zero-order chi connectivity index (χ0) is 14.2. The van der Waals surface area contributed by atoms with Crippen LogP contribution in [0, 0.1) is 0 Å². The van der Waals surface area contributed by atoms with Gasteiger partial charge in [0.25, 0.3) is 0 Å². The molecule has 1 heteroatoms. The molecule has 3 aromatic carbocycles. The highest BCUT2D eigenvalue weighted by Crippen LogP contribution is 2.38. The summed E-state index contributed by atoms with van der Waals surface area (Å²) in [6.07, 6.45) is 0.978. The first-order chi connectivity index (χ1) is 10.4. The summed E-state index contributed by atoms with van der Waals surface area (Å²) in [5.74, 6) is 0. The van der Waals surface area contributed by atoms with E-state index in [4.69, 9.17) is 4.42 Å². The van der Waals surface area contributed by atoms with Crippen LogP contribution < -0.4 is 0 Å². The highest BCUT2D eigenvalue weighted by molar-refractivity contribution is 6.13. The molecular formula is C20H16O. The van der Waals surface area contributed by atoms with Gasteiger partial charge >= 0.3 is 0 Å². The van der Waals surface area contributed by atoms with E-state index >= 15 is 0 Å². The number of fused-ring (bicyclic) bond motifs is 3. The number of rotatable bonds is 2. The van der Waals surface area contributed by atoms with E-state index in [9.17, 15) is 0 Å². The van der Waals surface area contributed by atoms with Crippen LogP contribution in [-0.4, -0.2) is 0 Å². The monoisotopic (exact) mass is 272 g/mol. The number of hydrogen-bond acceptors (Lipinski definition) is 1. The van der Waals surface area contributed by atoms with Crippen molar-refractivity contribution < 1.29 is 4.42 Å². The molecular weight excluding hydrogens is 256 g/mol. The van der Waals surface area contributed by atoms with Crippen LogP contribution in [0.3, 0.4) is 0 Å². The van der Waals surface area contributed by atoms with Gasteiger partial charge in [-0.2, -0.15) is 0 Å². The van der Waals surface area contributed by atoms with Crippen molar-refractivity contribution in [3.8, 4) is 11.1 Å². The normalized spacial score (nSPS) is 11.3. The molecule has 0 saturated heterocycles. The van der Waals surface area contributed by atoms with Crippen LogP contribution >= 0.6 is 0 Å². The second kappa shape index (κ2) is 4.78. The van der Waals surface area contributed by atoms with Gasteiger partial charge in [-0.1, -0.05) is 67.6 Å². The smallest absolute Gasteiger partial charge is 0.139 e. The van der Waals surface area contributed by atoms with Crippen LogP contribution in [0.2, 0.25) is 0 Å². The van der Waals surface area contributed by atoms with Gasteiger partial charge in [0, 0.05) is 10.8 Å². The summed E-state index contributed by atoms with van der Waals surface area (Å²) >= 11 is 0. The third-order valence-electron chi connectivity index (χ3n) is 4.07. The molecule has 1 nitrogen and oxygen atoms in total. The van der Waals surface area contributed by atoms with Crippen molar-refractivity contribution in [1.82, 2.24) is 0 Å². The van der Waals surface area contributed by atoms with E-state index in [-0.39, 0.29) is 0 Å². The fourth-order valence-corrected chi connectivity index (χ4v) is 3.02. The van der Waals surface area contributed by atoms with Crippen LogP contribution in [0.4, 0.5) is 0 Å². The van der Waals surface area contributed by atoms with Crippen molar-refractivity contribution >= 4 is 21.9 Å². The minimum absolute atomic E-state index is 0.964. The number of para-hydroxylation sites is 1. The molecule has 21 heavy (non-hydrogen) atoms. The lowest BCUT2D eigenvalue weighted by Gasteiger charge is -2.06. The molecule has 0 bridgehead atoms. The van der Waals surface area contributed by atoms with Gasteiger partial charge in [-0.15, -0.1) is 0 Å². The fourth-order valence-electron chi connectivity index (χ4n) is 3.02. The van der Waals surface area contributed by atoms with Gasteiger partial charge < -0.3 is 4.42 Å². The Bertz CT molecular complexity index is 917. The van der Waals surface area contributed by atoms with Crippen molar-refractivity contribution in [2.75, 3.05) is 0 Å². The molecule has 0 aliphatic rings. The maximum absolute atomic E-state index is 6.14. The van der Waals surface area contributed by atoms with Crippen LogP contribution in [0.25, 0.3) is 33.1 Å². The Balaban J connectivity index is 2.17. The molecule has 0 radical (unpaired) electrons. The number of benzene rings is 3. The summed E-state index contributed by atoms with van der Waals surface area (Å²) in [6, 6.07) is 23.2. The Hall–Kier alpha value is -2.54. The molecule has 4 rings (SSSR count). The van der Waals surface area contributed by atoms with Gasteiger partial charge in [0.05, 0.1) is 0 Å². The molecule has 1 heterocycles. The van der Waals surface area contributed by atoms with Gasteiger partial charge in [-0.05, 0) is 29.2 Å². The Morgan fingerprint density at radius 1 is 0.810 bits per heavy atom. The average molecular weight is 272 g/mol. The Morgan fingerprint density at radius 3 is 2.38 bits per heavy atom. The van der Waals surface area contributed by atoms with Gasteiger partial charge in [-0.25, -0.2) is 0 Å². The summed E-state index contributed by atoms with van der Waals surface area (Å²) in [4.78, 5) is 0. The topological polar surface area (TPSA) is 13.1 Å². The Kier molecular flexibility index (Phi) is 2.78. The molecule has 102 valence electrons. The van der Waals surface area contributed by atoms with E-state index in [0.29, 0.717) is 0 Å². The molecule has 0 aliphatic carbocycles. The Morgan fingerprint density at radius 2 is 1.57 bits per heavy atom. The van der Waals surface area contributed by atoms with Crippen molar-refractivity contribution in [3.05, 3.63) is 72.3 Å². The first kappa shape index (κ1) is 12.2. The fraction of sp³-hybridized carbons (Fsp3) is 0.100. The second-order valence-corrected chi connectivity index (χ2v) is 5.29. The summed E-state index contributed by atoms with van der Waals surface area (Å²) in [6.45, 7) is 2.17. The summed E-state index contributed by atoms with van der Waals surface area (Å²) in [7, 11) is 0. The summed E-state index contributed by atoms with van der Waals surface area (Å²) in [5.41, 5.74) is 5.73. The lowest BCUT2D eigenvalue weighted by Crippen LogP contribution is -1.84. The standard InChI is InChI=1S/C20H16O/c1-2-14-12-13-16(15-8-4-3-5-9-15)19-17-10-6-7-11-18(17)21-20(14)19/h3-13H,2H2,1H3. The van der Waals surface area contributed by atoms with E-state index < -0.39 is 0 Å². The predicted molar refractivity (Wildman–Crippen MR) is 88.5 cm³/mol. The maximum Gasteiger partial charge on any atom is 0.139 e. The lowest BCUT2D eigenvalue weighted by molar-refractivity contribution is 0.663.